The Morgan fingerprint density at radius 1 is 1.36 bits per heavy atom. The molecule has 2 aromatic rings. The number of nitrogens with zero attached hydrogens (tertiary/aromatic N) is 3. The number of hydrogen-bond acceptors (Lipinski definition) is 8. The van der Waals surface area contributed by atoms with Crippen LogP contribution in [-0.2, 0) is 4.74 Å². The summed E-state index contributed by atoms with van der Waals surface area (Å²) in [6.45, 7) is 0. The summed E-state index contributed by atoms with van der Waals surface area (Å²) in [5.41, 5.74) is 11.9. The Kier molecular flexibility index (Phi) is 4.13. The Morgan fingerprint density at radius 2 is 2.00 bits per heavy atom. The third-order valence-electron chi connectivity index (χ3n) is 2.93. The van der Waals surface area contributed by atoms with Crippen molar-refractivity contribution in [2.24, 2.45) is 0 Å². The van der Waals surface area contributed by atoms with Gasteiger partial charge in [0.05, 0.1) is 18.5 Å². The van der Waals surface area contributed by atoms with Crippen LogP contribution in [0, 0.1) is 27.3 Å². The molecule has 0 aliphatic carbocycles. The molecule has 0 atom stereocenters. The van der Waals surface area contributed by atoms with Crippen LogP contribution < -0.4 is 11.5 Å². The second-order valence-corrected chi connectivity index (χ2v) is 5.34. The fourth-order valence-corrected chi connectivity index (χ4v) is 3.04. The minimum atomic E-state index is -0.569. The maximum Gasteiger partial charge on any atom is 0.350 e. The highest BCUT2D eigenvalue weighted by Gasteiger charge is 2.22. The Labute approximate surface area is 134 Å². The molecule has 0 saturated carbocycles. The van der Waals surface area contributed by atoms with Gasteiger partial charge in [-0.15, -0.1) is 11.3 Å². The Hall–Kier alpha value is -2.88. The maximum atomic E-state index is 11.8. The van der Waals surface area contributed by atoms with Gasteiger partial charge in [0, 0.05) is 0 Å². The summed E-state index contributed by atoms with van der Waals surface area (Å²) >= 11 is 6.36. The average Bonchev–Trinajstić information content (AvgIpc) is 2.96. The molecular weight excluding hydrogens is 322 g/mol. The van der Waals surface area contributed by atoms with Crippen molar-refractivity contribution in [3.05, 3.63) is 32.1 Å². The normalized spacial score (nSPS) is 9.77. The second kappa shape index (κ2) is 5.85. The van der Waals surface area contributed by atoms with E-state index in [2.05, 4.69) is 0 Å². The Balaban J connectivity index is 2.93. The van der Waals surface area contributed by atoms with Gasteiger partial charge < -0.3 is 16.2 Å². The quantitative estimate of drug-likeness (QED) is 0.635. The van der Waals surface area contributed by atoms with E-state index in [1.54, 1.807) is 11.4 Å². The third kappa shape index (κ3) is 2.19. The lowest BCUT2D eigenvalue weighted by atomic mass is 10.1. The highest BCUT2D eigenvalue weighted by molar-refractivity contribution is 7.71. The molecule has 22 heavy (non-hydrogen) atoms. The van der Waals surface area contributed by atoms with E-state index in [0.29, 0.717) is 5.69 Å². The topological polar surface area (TPSA) is 131 Å². The molecule has 0 aliphatic rings. The monoisotopic (exact) mass is 331 g/mol. The molecule has 2 rings (SSSR count). The molecule has 110 valence electrons. The molecule has 4 N–H and O–H groups in total. The molecule has 0 spiro atoms. The molecule has 7 nitrogen and oxygen atoms in total. The van der Waals surface area contributed by atoms with Crippen molar-refractivity contribution in [1.29, 1.82) is 10.5 Å². The first-order valence-electron chi connectivity index (χ1n) is 5.78. The van der Waals surface area contributed by atoms with E-state index < -0.39 is 5.97 Å². The van der Waals surface area contributed by atoms with Crippen molar-refractivity contribution >= 4 is 41.0 Å². The number of anilines is 2. The zero-order valence-electron chi connectivity index (χ0n) is 11.3. The highest BCUT2D eigenvalue weighted by Crippen LogP contribution is 2.31. The van der Waals surface area contributed by atoms with Crippen LogP contribution in [0.1, 0.15) is 20.8 Å². The van der Waals surface area contributed by atoms with E-state index in [1.165, 1.54) is 11.7 Å². The minimum Gasteiger partial charge on any atom is -0.465 e. The van der Waals surface area contributed by atoms with Crippen molar-refractivity contribution in [3.63, 3.8) is 0 Å². The van der Waals surface area contributed by atoms with Crippen LogP contribution in [0.15, 0.2) is 11.4 Å². The van der Waals surface area contributed by atoms with E-state index in [0.717, 1.165) is 11.3 Å². The average molecular weight is 331 g/mol. The molecule has 0 amide bonds. The number of ether oxygens (including phenoxy) is 1. The van der Waals surface area contributed by atoms with Crippen LogP contribution in [0.5, 0.6) is 0 Å². The molecule has 0 bridgehead atoms. The van der Waals surface area contributed by atoms with E-state index >= 15 is 0 Å². The summed E-state index contributed by atoms with van der Waals surface area (Å²) in [6, 6.07) is 5.31. The van der Waals surface area contributed by atoms with E-state index in [1.807, 2.05) is 12.1 Å². The van der Waals surface area contributed by atoms with Gasteiger partial charge in [0.1, 0.15) is 38.6 Å². The van der Waals surface area contributed by atoms with Crippen LogP contribution in [-0.4, -0.2) is 17.6 Å². The predicted octanol–water partition coefficient (Wildman–Crippen LogP) is 1.96. The maximum absolute atomic E-state index is 11.8. The summed E-state index contributed by atoms with van der Waals surface area (Å²) < 4.78 is 6.01. The molecule has 0 fully saturated rings. The van der Waals surface area contributed by atoms with Crippen LogP contribution in [0.3, 0.4) is 0 Å². The fourth-order valence-electron chi connectivity index (χ4n) is 1.90. The van der Waals surface area contributed by atoms with Gasteiger partial charge in [0.15, 0.2) is 0 Å². The van der Waals surface area contributed by atoms with Crippen molar-refractivity contribution in [2.45, 2.75) is 0 Å². The summed E-state index contributed by atoms with van der Waals surface area (Å²) in [7, 11) is 1.25. The van der Waals surface area contributed by atoms with Crippen molar-refractivity contribution in [1.82, 2.24) is 4.57 Å². The lowest BCUT2D eigenvalue weighted by molar-refractivity contribution is 0.0606. The molecule has 0 aliphatic heterocycles. The molecule has 0 radical (unpaired) electrons. The standard InChI is InChI=1S/C13H9N5O2S2/c1-20-13(19)10-8(2-3-22-10)18-11(17)6(4-14)9(16)7(5-15)12(18)21/h2-3H,16-17H2,1H3. The van der Waals surface area contributed by atoms with Crippen LogP contribution in [0.25, 0.3) is 5.69 Å². The number of hydrogen-bond donors (Lipinski definition) is 2. The first-order valence-corrected chi connectivity index (χ1v) is 7.07. The summed E-state index contributed by atoms with van der Waals surface area (Å²) in [5.74, 6) is -0.604. The van der Waals surface area contributed by atoms with Gasteiger partial charge in [0.25, 0.3) is 0 Å². The first-order chi connectivity index (χ1) is 10.5. The number of carbonyl (C=O) groups excluding carboxylic acids is 1. The number of nitrogen functional groups attached to an aromatic ring is 2. The van der Waals surface area contributed by atoms with Crippen molar-refractivity contribution < 1.29 is 9.53 Å². The number of esters is 1. The number of nitrogens with two attached hydrogens (primary N) is 2. The number of thiophene rings is 1. The molecule has 2 heterocycles. The zero-order valence-corrected chi connectivity index (χ0v) is 12.9. The van der Waals surface area contributed by atoms with Gasteiger partial charge in [-0.2, -0.15) is 10.5 Å². The minimum absolute atomic E-state index is 0.0278. The van der Waals surface area contributed by atoms with Gasteiger partial charge in [-0.25, -0.2) is 4.79 Å². The van der Waals surface area contributed by atoms with Gasteiger partial charge in [-0.05, 0) is 11.4 Å². The molecule has 0 saturated heterocycles. The number of pyridine rings is 1. The fraction of sp³-hybridized carbons (Fsp3) is 0.0769. The van der Waals surface area contributed by atoms with Gasteiger partial charge in [0.2, 0.25) is 0 Å². The SMILES string of the molecule is COC(=O)c1sccc1-n1c(N)c(C#N)c(N)c(C#N)c1=S. The van der Waals surface area contributed by atoms with Gasteiger partial charge in [-0.3, -0.25) is 4.57 Å². The van der Waals surface area contributed by atoms with Crippen LogP contribution in [0.2, 0.25) is 0 Å². The van der Waals surface area contributed by atoms with Gasteiger partial charge >= 0.3 is 5.97 Å². The number of aromatic nitrogens is 1. The number of carbonyl (C=O) groups is 1. The zero-order chi connectivity index (χ0) is 16.4. The van der Waals surface area contributed by atoms with E-state index in [4.69, 9.17) is 28.4 Å². The lowest BCUT2D eigenvalue weighted by Crippen LogP contribution is -2.14. The largest absolute Gasteiger partial charge is 0.465 e. The Bertz CT molecular complexity index is 914. The predicted molar refractivity (Wildman–Crippen MR) is 84.1 cm³/mol. The Morgan fingerprint density at radius 3 is 2.55 bits per heavy atom. The van der Waals surface area contributed by atoms with E-state index in [-0.39, 0.29) is 32.1 Å². The summed E-state index contributed by atoms with van der Waals surface area (Å²) in [6.07, 6.45) is 0. The third-order valence-corrected chi connectivity index (χ3v) is 4.20. The number of nitriles is 2. The lowest BCUT2D eigenvalue weighted by Gasteiger charge is -2.15. The smallest absolute Gasteiger partial charge is 0.350 e. The van der Waals surface area contributed by atoms with Crippen molar-refractivity contribution in [3.8, 4) is 17.8 Å². The summed E-state index contributed by atoms with van der Waals surface area (Å²) in [5, 5.41) is 20.1. The van der Waals surface area contributed by atoms with E-state index in [9.17, 15) is 15.3 Å². The van der Waals surface area contributed by atoms with Gasteiger partial charge in [-0.1, -0.05) is 12.2 Å². The second-order valence-electron chi connectivity index (χ2n) is 4.04. The first kappa shape index (κ1) is 15.5. The molecular formula is C13H9N5O2S2. The highest BCUT2D eigenvalue weighted by atomic mass is 32.1. The van der Waals surface area contributed by atoms with Crippen molar-refractivity contribution in [2.75, 3.05) is 18.6 Å². The van der Waals surface area contributed by atoms with Crippen LogP contribution in [0.4, 0.5) is 11.5 Å². The molecule has 2 aromatic heterocycles. The molecule has 0 unspecified atom stereocenters. The number of methoxy groups -OCH3 is 1. The van der Waals surface area contributed by atoms with Crippen LogP contribution >= 0.6 is 23.6 Å². The summed E-state index contributed by atoms with van der Waals surface area (Å²) in [4.78, 5) is 12.1. The number of rotatable bonds is 2. The molecule has 0 aromatic carbocycles. The molecule has 9 heteroatoms.